The van der Waals surface area contributed by atoms with Gasteiger partial charge in [-0.15, -0.1) is 24.8 Å². The maximum Gasteiger partial charge on any atom is 0.241 e. The Morgan fingerprint density at radius 3 is 2.95 bits per heavy atom. The van der Waals surface area contributed by atoms with Gasteiger partial charge in [-0.3, -0.25) is 9.48 Å². The third-order valence-electron chi connectivity index (χ3n) is 3.14. The average Bonchev–Trinajstić information content (AvgIpc) is 2.83. The van der Waals surface area contributed by atoms with Crippen molar-refractivity contribution in [3.05, 3.63) is 18.5 Å². The summed E-state index contributed by atoms with van der Waals surface area (Å²) in [5.74, 6) is 0.756. The molecular weight excluding hydrogens is 287 g/mol. The number of hydrogen-bond donors (Lipinski definition) is 2. The first kappa shape index (κ1) is 18.2. The van der Waals surface area contributed by atoms with Crippen LogP contribution in [0, 0.1) is 5.92 Å². The van der Waals surface area contributed by atoms with Crippen molar-refractivity contribution < 1.29 is 4.79 Å². The monoisotopic (exact) mass is 308 g/mol. The number of nitrogens with one attached hydrogen (secondary N) is 2. The van der Waals surface area contributed by atoms with E-state index in [1.165, 1.54) is 12.8 Å². The summed E-state index contributed by atoms with van der Waals surface area (Å²) in [5, 5.41) is 10.3. The molecule has 5 nitrogen and oxygen atoms in total. The van der Waals surface area contributed by atoms with E-state index in [2.05, 4.69) is 15.7 Å². The van der Waals surface area contributed by atoms with Crippen molar-refractivity contribution in [3.63, 3.8) is 0 Å². The molecule has 7 heteroatoms. The van der Waals surface area contributed by atoms with Gasteiger partial charge in [-0.25, -0.2) is 0 Å². The van der Waals surface area contributed by atoms with Crippen molar-refractivity contribution in [3.8, 4) is 0 Å². The molecular formula is C12H22Cl2N4O. The van der Waals surface area contributed by atoms with Crippen molar-refractivity contribution in [2.75, 3.05) is 19.6 Å². The number of aromatic nitrogens is 2. The lowest BCUT2D eigenvalue weighted by Gasteiger charge is -2.22. The van der Waals surface area contributed by atoms with E-state index in [9.17, 15) is 4.79 Å². The highest BCUT2D eigenvalue weighted by Crippen LogP contribution is 2.12. The van der Waals surface area contributed by atoms with Crippen LogP contribution in [0.25, 0.3) is 0 Å². The molecule has 1 aromatic rings. The first-order valence-corrected chi connectivity index (χ1v) is 6.29. The van der Waals surface area contributed by atoms with Crippen LogP contribution < -0.4 is 10.6 Å². The first-order chi connectivity index (χ1) is 8.34. The van der Waals surface area contributed by atoms with Crippen molar-refractivity contribution in [1.29, 1.82) is 0 Å². The summed E-state index contributed by atoms with van der Waals surface area (Å²) in [6.07, 6.45) is 7.08. The van der Waals surface area contributed by atoms with E-state index in [0.29, 0.717) is 12.5 Å². The summed E-state index contributed by atoms with van der Waals surface area (Å²) in [7, 11) is 0. The van der Waals surface area contributed by atoms with E-state index in [1.807, 2.05) is 6.07 Å². The number of amides is 1. The number of hydrogen-bond acceptors (Lipinski definition) is 3. The number of carbonyl (C=O) groups excluding carboxylic acids is 1. The Labute approximate surface area is 126 Å². The Hall–Kier alpha value is -0.780. The molecule has 0 spiro atoms. The third-order valence-corrected chi connectivity index (χ3v) is 3.14. The van der Waals surface area contributed by atoms with Crippen LogP contribution in [-0.2, 0) is 11.3 Å². The fourth-order valence-corrected chi connectivity index (χ4v) is 2.18. The molecule has 0 bridgehead atoms. The predicted octanol–water partition coefficient (Wildman–Crippen LogP) is 1.23. The molecule has 2 N–H and O–H groups in total. The number of carbonyl (C=O) groups is 1. The first-order valence-electron chi connectivity index (χ1n) is 6.29. The van der Waals surface area contributed by atoms with Gasteiger partial charge in [0.25, 0.3) is 0 Å². The fourth-order valence-electron chi connectivity index (χ4n) is 2.18. The van der Waals surface area contributed by atoms with E-state index >= 15 is 0 Å². The molecule has 0 aromatic carbocycles. The lowest BCUT2D eigenvalue weighted by Crippen LogP contribution is -2.34. The molecule has 0 radical (unpaired) electrons. The Morgan fingerprint density at radius 2 is 2.32 bits per heavy atom. The normalized spacial score (nSPS) is 18.0. The molecule has 1 unspecified atom stereocenters. The number of halogens is 2. The minimum absolute atomic E-state index is 0. The highest BCUT2D eigenvalue weighted by atomic mass is 35.5. The van der Waals surface area contributed by atoms with Gasteiger partial charge in [0.1, 0.15) is 6.54 Å². The molecule has 1 aliphatic heterocycles. The minimum Gasteiger partial charge on any atom is -0.354 e. The smallest absolute Gasteiger partial charge is 0.241 e. The van der Waals surface area contributed by atoms with Crippen LogP contribution in [0.5, 0.6) is 0 Å². The zero-order valence-electron chi connectivity index (χ0n) is 10.9. The van der Waals surface area contributed by atoms with Gasteiger partial charge in [0.2, 0.25) is 5.91 Å². The van der Waals surface area contributed by atoms with Crippen LogP contribution >= 0.6 is 24.8 Å². The maximum atomic E-state index is 11.6. The maximum absolute atomic E-state index is 11.6. The van der Waals surface area contributed by atoms with Gasteiger partial charge < -0.3 is 10.6 Å². The Morgan fingerprint density at radius 1 is 1.47 bits per heavy atom. The van der Waals surface area contributed by atoms with Gasteiger partial charge in [0, 0.05) is 18.9 Å². The summed E-state index contributed by atoms with van der Waals surface area (Å²) in [6, 6.07) is 1.82. The van der Waals surface area contributed by atoms with E-state index < -0.39 is 0 Å². The highest BCUT2D eigenvalue weighted by molar-refractivity contribution is 5.85. The summed E-state index contributed by atoms with van der Waals surface area (Å²) < 4.78 is 1.64. The van der Waals surface area contributed by atoms with Crippen molar-refractivity contribution in [1.82, 2.24) is 20.4 Å². The highest BCUT2D eigenvalue weighted by Gasteiger charge is 2.12. The standard InChI is InChI=1S/C12H20N4O.2ClH/c17-12(10-16-8-2-6-15-16)14-7-4-11-3-1-5-13-9-11;;/h2,6,8,11,13H,1,3-5,7,9-10H2,(H,14,17);2*1H. The Kier molecular flexibility index (Phi) is 9.65. The average molecular weight is 309 g/mol. The minimum atomic E-state index is 0. The van der Waals surface area contributed by atoms with Gasteiger partial charge in [0.05, 0.1) is 0 Å². The SMILES string of the molecule is Cl.Cl.O=C(Cn1cccn1)NCCC1CCCNC1. The van der Waals surface area contributed by atoms with E-state index in [0.717, 1.165) is 26.1 Å². The molecule has 110 valence electrons. The van der Waals surface area contributed by atoms with Crippen molar-refractivity contribution in [2.24, 2.45) is 5.92 Å². The van der Waals surface area contributed by atoms with Gasteiger partial charge in [-0.2, -0.15) is 5.10 Å². The van der Waals surface area contributed by atoms with E-state index in [-0.39, 0.29) is 30.7 Å². The zero-order chi connectivity index (χ0) is 11.9. The second kappa shape index (κ2) is 10.1. The molecule has 0 saturated carbocycles. The molecule has 1 aromatic heterocycles. The van der Waals surface area contributed by atoms with Crippen LogP contribution in [0.2, 0.25) is 0 Å². The molecule has 1 fully saturated rings. The molecule has 1 aliphatic rings. The van der Waals surface area contributed by atoms with Crippen LogP contribution in [0.3, 0.4) is 0 Å². The van der Waals surface area contributed by atoms with Gasteiger partial charge in [-0.05, 0) is 44.3 Å². The largest absolute Gasteiger partial charge is 0.354 e. The summed E-state index contributed by atoms with van der Waals surface area (Å²) in [6.45, 7) is 3.32. The van der Waals surface area contributed by atoms with E-state index in [1.54, 1.807) is 17.1 Å². The van der Waals surface area contributed by atoms with Gasteiger partial charge in [-0.1, -0.05) is 0 Å². The lowest BCUT2D eigenvalue weighted by atomic mass is 9.96. The van der Waals surface area contributed by atoms with Crippen molar-refractivity contribution >= 4 is 30.7 Å². The topological polar surface area (TPSA) is 59.0 Å². The molecule has 2 heterocycles. The van der Waals surface area contributed by atoms with Gasteiger partial charge >= 0.3 is 0 Å². The number of nitrogens with zero attached hydrogens (tertiary/aromatic N) is 2. The van der Waals surface area contributed by atoms with Crippen LogP contribution in [0.15, 0.2) is 18.5 Å². The fraction of sp³-hybridized carbons (Fsp3) is 0.667. The Balaban J connectivity index is 0.00000162. The molecule has 1 amide bonds. The molecule has 0 aliphatic carbocycles. The van der Waals surface area contributed by atoms with Crippen LogP contribution in [-0.4, -0.2) is 35.3 Å². The Bertz CT molecular complexity index is 340. The molecule has 2 rings (SSSR count). The van der Waals surface area contributed by atoms with E-state index in [4.69, 9.17) is 0 Å². The summed E-state index contributed by atoms with van der Waals surface area (Å²) in [4.78, 5) is 11.6. The predicted molar refractivity (Wildman–Crippen MR) is 79.9 cm³/mol. The van der Waals surface area contributed by atoms with Crippen LogP contribution in [0.4, 0.5) is 0 Å². The number of piperidine rings is 1. The molecule has 1 saturated heterocycles. The lowest BCUT2D eigenvalue weighted by molar-refractivity contribution is -0.121. The van der Waals surface area contributed by atoms with Crippen LogP contribution in [0.1, 0.15) is 19.3 Å². The molecule has 19 heavy (non-hydrogen) atoms. The second-order valence-electron chi connectivity index (χ2n) is 4.55. The third kappa shape index (κ3) is 6.80. The zero-order valence-corrected chi connectivity index (χ0v) is 12.5. The number of rotatable bonds is 5. The summed E-state index contributed by atoms with van der Waals surface area (Å²) >= 11 is 0. The van der Waals surface area contributed by atoms with Gasteiger partial charge in [0.15, 0.2) is 0 Å². The van der Waals surface area contributed by atoms with Crippen molar-refractivity contribution in [2.45, 2.75) is 25.8 Å². The second-order valence-corrected chi connectivity index (χ2v) is 4.55. The summed E-state index contributed by atoms with van der Waals surface area (Å²) in [5.41, 5.74) is 0. The quantitative estimate of drug-likeness (QED) is 0.860. The molecule has 1 atom stereocenters.